The van der Waals surface area contributed by atoms with Crippen LogP contribution in [0.3, 0.4) is 0 Å². The van der Waals surface area contributed by atoms with Gasteiger partial charge in [-0.2, -0.15) is 4.98 Å². The molecule has 3 atom stereocenters. The first-order chi connectivity index (χ1) is 17.6. The smallest absolute Gasteiger partial charge is 0.236 e. The number of nitrogens with one attached hydrogen (secondary N) is 1. The molecule has 7 nitrogen and oxygen atoms in total. The molecule has 3 aromatic rings. The lowest BCUT2D eigenvalue weighted by Gasteiger charge is -2.47. The van der Waals surface area contributed by atoms with Gasteiger partial charge in [-0.05, 0) is 93.0 Å². The Morgan fingerprint density at radius 2 is 1.78 bits per heavy atom. The van der Waals surface area contributed by atoms with Crippen molar-refractivity contribution in [2.75, 3.05) is 44.2 Å². The highest BCUT2D eigenvalue weighted by atomic mass is 16.2. The molecule has 1 saturated carbocycles. The summed E-state index contributed by atoms with van der Waals surface area (Å²) in [6.07, 6.45) is 14.2. The van der Waals surface area contributed by atoms with E-state index < -0.39 is 0 Å². The van der Waals surface area contributed by atoms with Crippen LogP contribution in [0.4, 0.5) is 5.82 Å². The zero-order chi connectivity index (χ0) is 24.1. The van der Waals surface area contributed by atoms with Crippen LogP contribution in [0.2, 0.25) is 0 Å². The zero-order valence-corrected chi connectivity index (χ0v) is 21.0. The molecule has 3 fully saturated rings. The number of imidazole rings is 1. The Kier molecular flexibility index (Phi) is 5.49. The number of carbonyl (C=O) groups is 1. The molecule has 7 heteroatoms. The molecule has 2 aliphatic heterocycles. The monoisotopic (exact) mass is 484 g/mol. The predicted molar refractivity (Wildman–Crippen MR) is 142 cm³/mol. The van der Waals surface area contributed by atoms with Crippen LogP contribution in [0.25, 0.3) is 16.8 Å². The molecule has 3 unspecified atom stereocenters. The summed E-state index contributed by atoms with van der Waals surface area (Å²) < 4.78 is 2.07. The molecule has 2 bridgehead atoms. The highest BCUT2D eigenvalue weighted by Crippen LogP contribution is 2.43. The van der Waals surface area contributed by atoms with E-state index in [1.54, 1.807) is 0 Å². The van der Waals surface area contributed by atoms with Gasteiger partial charge in [0.25, 0.3) is 0 Å². The van der Waals surface area contributed by atoms with Gasteiger partial charge in [0.2, 0.25) is 11.7 Å². The number of para-hydroxylation sites is 2. The molecule has 4 aliphatic rings. The summed E-state index contributed by atoms with van der Waals surface area (Å²) in [5.41, 5.74) is 2.51. The Bertz CT molecular complexity index is 1300. The van der Waals surface area contributed by atoms with E-state index in [0.717, 1.165) is 61.3 Å². The Morgan fingerprint density at radius 1 is 0.972 bits per heavy atom. The lowest BCUT2D eigenvalue weighted by atomic mass is 9.71. The largest absolute Gasteiger partial charge is 0.356 e. The van der Waals surface area contributed by atoms with Crippen LogP contribution < -0.4 is 10.2 Å². The lowest BCUT2D eigenvalue weighted by molar-refractivity contribution is -0.123. The van der Waals surface area contributed by atoms with Gasteiger partial charge in [-0.3, -0.25) is 14.1 Å². The highest BCUT2D eigenvalue weighted by molar-refractivity contribution is 5.79. The van der Waals surface area contributed by atoms with Crippen LogP contribution >= 0.6 is 0 Å². The van der Waals surface area contributed by atoms with Gasteiger partial charge in [-0.15, -0.1) is 0 Å². The van der Waals surface area contributed by atoms with Crippen LogP contribution in [-0.2, 0) is 4.79 Å². The molecule has 0 radical (unpaired) electrons. The second-order valence-electron chi connectivity index (χ2n) is 11.7. The predicted octanol–water partition coefficient (Wildman–Crippen LogP) is 3.89. The van der Waals surface area contributed by atoms with E-state index in [-0.39, 0.29) is 5.91 Å². The first kappa shape index (κ1) is 22.3. The van der Waals surface area contributed by atoms with Crippen LogP contribution in [0.15, 0.2) is 48.7 Å². The first-order valence-electron chi connectivity index (χ1n) is 13.8. The van der Waals surface area contributed by atoms with Crippen molar-refractivity contribution in [1.29, 1.82) is 0 Å². The van der Waals surface area contributed by atoms with Crippen molar-refractivity contribution >= 4 is 28.5 Å². The third kappa shape index (κ3) is 4.07. The van der Waals surface area contributed by atoms with Gasteiger partial charge >= 0.3 is 0 Å². The second-order valence-corrected chi connectivity index (χ2v) is 11.7. The van der Waals surface area contributed by atoms with E-state index in [2.05, 4.69) is 50.0 Å². The summed E-state index contributed by atoms with van der Waals surface area (Å²) >= 11 is 0. The minimum absolute atomic E-state index is 0.209. The normalized spacial score (nSPS) is 27.4. The fourth-order valence-electron chi connectivity index (χ4n) is 7.24. The molecule has 1 amide bonds. The Hall–Kier alpha value is -2.93. The van der Waals surface area contributed by atoms with Crippen molar-refractivity contribution in [2.45, 2.75) is 38.5 Å². The summed E-state index contributed by atoms with van der Waals surface area (Å²) in [7, 11) is 0. The highest BCUT2D eigenvalue weighted by Gasteiger charge is 2.39. The minimum atomic E-state index is 0.209. The molecule has 2 aromatic heterocycles. The van der Waals surface area contributed by atoms with Crippen molar-refractivity contribution in [1.82, 2.24) is 24.6 Å². The molecule has 7 rings (SSSR count). The fraction of sp³-hybridized carbons (Fsp3) is 0.552. The van der Waals surface area contributed by atoms with E-state index in [1.807, 2.05) is 18.2 Å². The van der Waals surface area contributed by atoms with Crippen LogP contribution in [0.5, 0.6) is 0 Å². The summed E-state index contributed by atoms with van der Waals surface area (Å²) in [5, 5.41) is 3.24. The van der Waals surface area contributed by atoms with E-state index in [1.165, 1.54) is 38.5 Å². The summed E-state index contributed by atoms with van der Waals surface area (Å²) in [4.78, 5) is 27.0. The van der Waals surface area contributed by atoms with Crippen molar-refractivity contribution in [2.24, 2.45) is 23.2 Å². The number of anilines is 1. The fourth-order valence-corrected chi connectivity index (χ4v) is 7.24. The maximum absolute atomic E-state index is 12.6. The topological polar surface area (TPSA) is 65.8 Å². The molecule has 1 N–H and O–H groups in total. The molecule has 1 aromatic carbocycles. The number of allylic oxidation sites excluding steroid dienone is 2. The molecule has 2 aliphatic carbocycles. The minimum Gasteiger partial charge on any atom is -0.356 e. The zero-order valence-electron chi connectivity index (χ0n) is 21.0. The van der Waals surface area contributed by atoms with E-state index in [0.29, 0.717) is 23.8 Å². The summed E-state index contributed by atoms with van der Waals surface area (Å²) in [5.74, 6) is 4.14. The number of nitrogens with zero attached hydrogens (tertiary/aromatic N) is 5. The molecule has 188 valence electrons. The number of carbonyl (C=O) groups excluding carboxylic acids is 1. The van der Waals surface area contributed by atoms with Crippen LogP contribution in [0, 0.1) is 23.2 Å². The molecule has 1 spiro atoms. The lowest BCUT2D eigenvalue weighted by Crippen LogP contribution is -2.49. The van der Waals surface area contributed by atoms with Crippen molar-refractivity contribution < 1.29 is 4.79 Å². The first-order valence-corrected chi connectivity index (χ1v) is 13.8. The number of aromatic nitrogens is 3. The van der Waals surface area contributed by atoms with Gasteiger partial charge in [0, 0.05) is 25.8 Å². The number of benzene rings is 1. The summed E-state index contributed by atoms with van der Waals surface area (Å²) in [6, 6.07) is 10.3. The maximum atomic E-state index is 12.6. The number of likely N-dealkylation sites (tertiary alicyclic amines) is 1. The number of piperidine rings is 2. The molecule has 36 heavy (non-hydrogen) atoms. The van der Waals surface area contributed by atoms with Gasteiger partial charge < -0.3 is 10.2 Å². The van der Waals surface area contributed by atoms with Gasteiger partial charge in [0.1, 0.15) is 5.82 Å². The van der Waals surface area contributed by atoms with Gasteiger partial charge in [-0.1, -0.05) is 24.3 Å². The summed E-state index contributed by atoms with van der Waals surface area (Å²) in [6.45, 7) is 5.57. The quantitative estimate of drug-likeness (QED) is 0.557. The number of rotatable bonds is 5. The van der Waals surface area contributed by atoms with Gasteiger partial charge in [0.05, 0.1) is 17.6 Å². The molecular formula is C29H36N6O. The number of fused-ring (bicyclic) bond motifs is 5. The SMILES string of the molecule is O=C(CN1CCC2(CC1)CCN(c1ccn3c(n1)nc1ccccc13)CC2)NCC1CC2C=CC1C2. The third-order valence-corrected chi connectivity index (χ3v) is 9.57. The van der Waals surface area contributed by atoms with Crippen molar-refractivity contribution in [3.05, 3.63) is 48.7 Å². The Balaban J connectivity index is 0.903. The van der Waals surface area contributed by atoms with Crippen molar-refractivity contribution in [3.8, 4) is 0 Å². The van der Waals surface area contributed by atoms with Crippen molar-refractivity contribution in [3.63, 3.8) is 0 Å². The Labute approximate surface area is 212 Å². The van der Waals surface area contributed by atoms with E-state index >= 15 is 0 Å². The van der Waals surface area contributed by atoms with Crippen LogP contribution in [0.1, 0.15) is 38.5 Å². The maximum Gasteiger partial charge on any atom is 0.236 e. The third-order valence-electron chi connectivity index (χ3n) is 9.57. The number of hydrogen-bond donors (Lipinski definition) is 1. The number of amides is 1. The second kappa shape index (κ2) is 8.87. The molecule has 2 saturated heterocycles. The molecule has 4 heterocycles. The Morgan fingerprint density at radius 3 is 2.56 bits per heavy atom. The van der Waals surface area contributed by atoms with Gasteiger partial charge in [0.15, 0.2) is 0 Å². The van der Waals surface area contributed by atoms with E-state index in [4.69, 9.17) is 9.97 Å². The van der Waals surface area contributed by atoms with E-state index in [9.17, 15) is 4.79 Å². The molecular weight excluding hydrogens is 448 g/mol. The number of hydrogen-bond acceptors (Lipinski definition) is 5. The standard InChI is InChI=1S/C29H36N6O/c36-27(30-19-23-18-21-5-6-22(23)17-21)20-33-13-8-29(9-14-33)10-15-34(16-11-29)26-7-12-35-25-4-2-1-3-24(25)31-28(35)32-26/h1-7,12,21-23H,8-11,13-20H2,(H,30,36). The van der Waals surface area contributed by atoms with Crippen LogP contribution in [-0.4, -0.2) is 64.4 Å². The van der Waals surface area contributed by atoms with Gasteiger partial charge in [-0.25, -0.2) is 4.98 Å². The average Bonchev–Trinajstić information content (AvgIpc) is 3.63. The average molecular weight is 485 g/mol.